The Morgan fingerprint density at radius 2 is 1.70 bits per heavy atom. The van der Waals surface area contributed by atoms with Gasteiger partial charge >= 0.3 is 5.97 Å². The number of fused-ring (bicyclic) bond motifs is 1. The molecule has 0 unspecified atom stereocenters. The van der Waals surface area contributed by atoms with E-state index in [2.05, 4.69) is 19.2 Å². The molecule has 7 heteroatoms. The molecule has 30 heavy (non-hydrogen) atoms. The molecule has 0 radical (unpaired) electrons. The van der Waals surface area contributed by atoms with Crippen LogP contribution in [0.25, 0.3) is 0 Å². The lowest BCUT2D eigenvalue weighted by molar-refractivity contribution is -0.148. The number of amides is 3. The van der Waals surface area contributed by atoms with Crippen LogP contribution in [0.4, 0.5) is 5.69 Å². The highest BCUT2D eigenvalue weighted by Gasteiger charge is 2.47. The maximum Gasteiger partial charge on any atom is 0.308 e. The van der Waals surface area contributed by atoms with Gasteiger partial charge in [0.1, 0.15) is 0 Å². The van der Waals surface area contributed by atoms with Crippen LogP contribution >= 0.6 is 0 Å². The van der Waals surface area contributed by atoms with Crippen molar-refractivity contribution in [2.75, 3.05) is 18.5 Å². The number of esters is 1. The number of nitrogens with one attached hydrogen (secondary N) is 1. The van der Waals surface area contributed by atoms with Crippen LogP contribution in [0.2, 0.25) is 0 Å². The SMILES string of the molecule is CC[C@@H](C)c1ccc(NC(=O)COC(=O)CCN2C(=O)[C@H]3CCCC[C@H]3C2=O)cc1. The van der Waals surface area contributed by atoms with Gasteiger partial charge in [0, 0.05) is 12.2 Å². The maximum absolute atomic E-state index is 12.4. The number of hydrogen-bond acceptors (Lipinski definition) is 5. The largest absolute Gasteiger partial charge is 0.456 e. The number of imide groups is 1. The van der Waals surface area contributed by atoms with Gasteiger partial charge in [-0.05, 0) is 42.9 Å². The summed E-state index contributed by atoms with van der Waals surface area (Å²) in [6, 6.07) is 7.59. The molecule has 2 fully saturated rings. The van der Waals surface area contributed by atoms with Crippen molar-refractivity contribution >= 4 is 29.4 Å². The summed E-state index contributed by atoms with van der Waals surface area (Å²) < 4.78 is 5.00. The summed E-state index contributed by atoms with van der Waals surface area (Å²) in [6.45, 7) is 3.88. The van der Waals surface area contributed by atoms with Crippen LogP contribution in [-0.4, -0.2) is 41.7 Å². The fraction of sp³-hybridized carbons (Fsp3) is 0.565. The molecule has 1 aliphatic carbocycles. The van der Waals surface area contributed by atoms with E-state index in [1.165, 1.54) is 10.5 Å². The molecule has 0 aromatic heterocycles. The first-order valence-electron chi connectivity index (χ1n) is 10.8. The number of carbonyl (C=O) groups excluding carboxylic acids is 4. The first kappa shape index (κ1) is 22.0. The lowest BCUT2D eigenvalue weighted by atomic mass is 9.81. The Hall–Kier alpha value is -2.70. The van der Waals surface area contributed by atoms with E-state index in [4.69, 9.17) is 4.74 Å². The normalized spacial score (nSPS) is 21.9. The number of anilines is 1. The monoisotopic (exact) mass is 414 g/mol. The third-order valence-electron chi connectivity index (χ3n) is 6.21. The second-order valence-electron chi connectivity index (χ2n) is 8.22. The minimum absolute atomic E-state index is 0.0161. The van der Waals surface area contributed by atoms with Gasteiger partial charge in [-0.3, -0.25) is 24.1 Å². The van der Waals surface area contributed by atoms with Crippen molar-refractivity contribution in [2.24, 2.45) is 11.8 Å². The smallest absolute Gasteiger partial charge is 0.308 e. The summed E-state index contributed by atoms with van der Waals surface area (Å²) in [6.07, 6.45) is 4.35. The zero-order valence-corrected chi connectivity index (χ0v) is 17.7. The van der Waals surface area contributed by atoms with E-state index in [0.29, 0.717) is 11.6 Å². The Morgan fingerprint density at radius 1 is 1.10 bits per heavy atom. The maximum atomic E-state index is 12.4. The number of benzene rings is 1. The van der Waals surface area contributed by atoms with E-state index in [9.17, 15) is 19.2 Å². The number of ether oxygens (including phenoxy) is 1. The fourth-order valence-electron chi connectivity index (χ4n) is 4.20. The van der Waals surface area contributed by atoms with E-state index in [-0.39, 0.29) is 36.6 Å². The predicted molar refractivity (Wildman–Crippen MR) is 112 cm³/mol. The molecule has 1 saturated carbocycles. The van der Waals surface area contributed by atoms with Gasteiger partial charge < -0.3 is 10.1 Å². The van der Waals surface area contributed by atoms with Gasteiger partial charge in [-0.2, -0.15) is 0 Å². The molecule has 7 nitrogen and oxygen atoms in total. The quantitative estimate of drug-likeness (QED) is 0.521. The van der Waals surface area contributed by atoms with Crippen LogP contribution in [0.3, 0.4) is 0 Å². The predicted octanol–water partition coefficient (Wildman–Crippen LogP) is 3.25. The van der Waals surface area contributed by atoms with Gasteiger partial charge in [0.2, 0.25) is 11.8 Å². The van der Waals surface area contributed by atoms with E-state index in [0.717, 1.165) is 32.1 Å². The van der Waals surface area contributed by atoms with Crippen molar-refractivity contribution in [2.45, 2.75) is 58.3 Å². The van der Waals surface area contributed by atoms with Gasteiger partial charge in [-0.1, -0.05) is 38.8 Å². The Kier molecular flexibility index (Phi) is 7.24. The summed E-state index contributed by atoms with van der Waals surface area (Å²) in [7, 11) is 0. The van der Waals surface area contributed by atoms with Gasteiger partial charge in [0.05, 0.1) is 18.3 Å². The number of rotatable bonds is 8. The van der Waals surface area contributed by atoms with Gasteiger partial charge in [0.15, 0.2) is 6.61 Å². The molecule has 3 amide bonds. The average Bonchev–Trinajstić information content (AvgIpc) is 3.01. The Morgan fingerprint density at radius 3 is 2.27 bits per heavy atom. The molecule has 1 N–H and O–H groups in total. The highest BCUT2D eigenvalue weighted by atomic mass is 16.5. The van der Waals surface area contributed by atoms with Crippen molar-refractivity contribution in [3.05, 3.63) is 29.8 Å². The van der Waals surface area contributed by atoms with Crippen molar-refractivity contribution in [1.82, 2.24) is 4.90 Å². The zero-order chi connectivity index (χ0) is 21.7. The van der Waals surface area contributed by atoms with Gasteiger partial charge in [-0.25, -0.2) is 0 Å². The van der Waals surface area contributed by atoms with Crippen LogP contribution in [0.15, 0.2) is 24.3 Å². The molecular weight excluding hydrogens is 384 g/mol. The summed E-state index contributed by atoms with van der Waals surface area (Å²) in [4.78, 5) is 50.0. The standard InChI is InChI=1S/C23H30N2O5/c1-3-15(2)16-8-10-17(11-9-16)24-20(26)14-30-21(27)12-13-25-22(28)18-6-4-5-7-19(18)23(25)29/h8-11,15,18-19H,3-7,12-14H2,1-2H3,(H,24,26)/t15-,18-,19+/m1/s1. The van der Waals surface area contributed by atoms with E-state index >= 15 is 0 Å². The molecule has 1 heterocycles. The minimum atomic E-state index is -0.604. The van der Waals surface area contributed by atoms with E-state index < -0.39 is 18.5 Å². The molecule has 1 aromatic rings. The third kappa shape index (κ3) is 5.07. The number of hydrogen-bond donors (Lipinski definition) is 1. The van der Waals surface area contributed by atoms with Crippen LogP contribution in [0, 0.1) is 11.8 Å². The molecule has 0 bridgehead atoms. The van der Waals surface area contributed by atoms with Gasteiger partial charge in [-0.15, -0.1) is 0 Å². The lowest BCUT2D eigenvalue weighted by Gasteiger charge is -2.19. The molecule has 3 atom stereocenters. The highest BCUT2D eigenvalue weighted by Crippen LogP contribution is 2.37. The molecule has 162 valence electrons. The molecular formula is C23H30N2O5. The fourth-order valence-corrected chi connectivity index (χ4v) is 4.20. The van der Waals surface area contributed by atoms with Crippen molar-refractivity contribution in [3.63, 3.8) is 0 Å². The number of carbonyl (C=O) groups is 4. The minimum Gasteiger partial charge on any atom is -0.456 e. The third-order valence-corrected chi connectivity index (χ3v) is 6.21. The first-order valence-corrected chi connectivity index (χ1v) is 10.8. The van der Waals surface area contributed by atoms with Crippen molar-refractivity contribution in [1.29, 1.82) is 0 Å². The highest BCUT2D eigenvalue weighted by molar-refractivity contribution is 6.05. The van der Waals surface area contributed by atoms with Crippen LogP contribution in [-0.2, 0) is 23.9 Å². The summed E-state index contributed by atoms with van der Waals surface area (Å²) >= 11 is 0. The van der Waals surface area contributed by atoms with Crippen molar-refractivity contribution in [3.8, 4) is 0 Å². The first-order chi connectivity index (χ1) is 14.4. The summed E-state index contributed by atoms with van der Waals surface area (Å²) in [5.41, 5.74) is 1.84. The zero-order valence-electron chi connectivity index (χ0n) is 17.7. The summed E-state index contributed by atoms with van der Waals surface area (Å²) in [5.74, 6) is -1.37. The number of likely N-dealkylation sites (tertiary alicyclic amines) is 1. The average molecular weight is 415 g/mol. The molecule has 3 rings (SSSR count). The van der Waals surface area contributed by atoms with E-state index in [1.54, 1.807) is 0 Å². The van der Waals surface area contributed by atoms with Crippen molar-refractivity contribution < 1.29 is 23.9 Å². The van der Waals surface area contributed by atoms with Crippen LogP contribution < -0.4 is 5.32 Å². The second-order valence-corrected chi connectivity index (χ2v) is 8.22. The molecule has 2 aliphatic rings. The Balaban J connectivity index is 1.40. The molecule has 0 spiro atoms. The second kappa shape index (κ2) is 9.87. The summed E-state index contributed by atoms with van der Waals surface area (Å²) in [5, 5.41) is 2.69. The number of nitrogens with zero attached hydrogens (tertiary/aromatic N) is 1. The molecule has 1 saturated heterocycles. The molecule has 1 aromatic carbocycles. The van der Waals surface area contributed by atoms with Crippen LogP contribution in [0.1, 0.15) is 63.9 Å². The lowest BCUT2D eigenvalue weighted by Crippen LogP contribution is -2.33. The molecule has 1 aliphatic heterocycles. The van der Waals surface area contributed by atoms with Gasteiger partial charge in [0.25, 0.3) is 5.91 Å². The Bertz CT molecular complexity index is 780. The van der Waals surface area contributed by atoms with Crippen LogP contribution in [0.5, 0.6) is 0 Å². The topological polar surface area (TPSA) is 92.8 Å². The Labute approximate surface area is 177 Å². The van der Waals surface area contributed by atoms with E-state index in [1.807, 2.05) is 24.3 Å².